The van der Waals surface area contributed by atoms with Gasteiger partial charge in [0.1, 0.15) is 4.83 Å². The standard InChI is InChI=1S/C23H26N6O2S2/c1-26-8-7-17-18(15-26)33-21-19(17)20(30)28(16-5-3-2-4-6-16)22-24-25-23(29(21)22)32-14-11-27-9-12-31-13-10-27/h2-6H,7-15H2,1H3. The molecule has 1 aromatic carbocycles. The van der Waals surface area contributed by atoms with Crippen molar-refractivity contribution in [1.82, 2.24) is 29.0 Å². The highest BCUT2D eigenvalue weighted by atomic mass is 32.2. The summed E-state index contributed by atoms with van der Waals surface area (Å²) in [6, 6.07) is 9.78. The van der Waals surface area contributed by atoms with Crippen molar-refractivity contribution in [3.05, 3.63) is 51.1 Å². The van der Waals surface area contributed by atoms with E-state index >= 15 is 0 Å². The van der Waals surface area contributed by atoms with Gasteiger partial charge < -0.3 is 9.64 Å². The number of thioether (sulfide) groups is 1. The Labute approximate surface area is 199 Å². The fourth-order valence-electron chi connectivity index (χ4n) is 4.68. The van der Waals surface area contributed by atoms with E-state index in [9.17, 15) is 4.79 Å². The Kier molecular flexibility index (Phi) is 5.71. The molecule has 0 atom stereocenters. The van der Waals surface area contributed by atoms with E-state index in [1.165, 1.54) is 10.4 Å². The minimum atomic E-state index is 0.00280. The van der Waals surface area contributed by atoms with Gasteiger partial charge in [0, 0.05) is 43.4 Å². The number of thiophene rings is 1. The molecule has 10 heteroatoms. The predicted molar refractivity (Wildman–Crippen MR) is 132 cm³/mol. The summed E-state index contributed by atoms with van der Waals surface area (Å²) in [5.41, 5.74) is 2.02. The third-order valence-electron chi connectivity index (χ3n) is 6.42. The van der Waals surface area contributed by atoms with E-state index in [1.54, 1.807) is 27.7 Å². The van der Waals surface area contributed by atoms with E-state index in [4.69, 9.17) is 4.74 Å². The normalized spacial score (nSPS) is 17.7. The monoisotopic (exact) mass is 482 g/mol. The van der Waals surface area contributed by atoms with Gasteiger partial charge in [0.25, 0.3) is 5.56 Å². The summed E-state index contributed by atoms with van der Waals surface area (Å²) in [6.45, 7) is 6.38. The zero-order valence-corrected chi connectivity index (χ0v) is 20.2. The number of hydrogen-bond acceptors (Lipinski definition) is 8. The van der Waals surface area contributed by atoms with Crippen molar-refractivity contribution >= 4 is 39.1 Å². The lowest BCUT2D eigenvalue weighted by atomic mass is 10.1. The number of fused-ring (bicyclic) bond motifs is 5. The van der Waals surface area contributed by atoms with Crippen LogP contribution in [0.4, 0.5) is 0 Å². The molecular weight excluding hydrogens is 456 g/mol. The van der Waals surface area contributed by atoms with E-state index in [2.05, 4.69) is 31.4 Å². The fraction of sp³-hybridized carbons (Fsp3) is 0.435. The molecule has 0 N–H and O–H groups in total. The summed E-state index contributed by atoms with van der Waals surface area (Å²) in [5, 5.41) is 10.7. The van der Waals surface area contributed by atoms with Gasteiger partial charge in [-0.25, -0.2) is 8.97 Å². The molecule has 172 valence electrons. The Hall–Kier alpha value is -2.24. The molecule has 33 heavy (non-hydrogen) atoms. The minimum Gasteiger partial charge on any atom is -0.379 e. The van der Waals surface area contributed by atoms with Crippen LogP contribution < -0.4 is 5.56 Å². The zero-order chi connectivity index (χ0) is 22.4. The number of para-hydroxylation sites is 1. The van der Waals surface area contributed by atoms with E-state index in [1.807, 2.05) is 30.3 Å². The topological polar surface area (TPSA) is 67.9 Å². The summed E-state index contributed by atoms with van der Waals surface area (Å²) in [4.78, 5) is 20.8. The Morgan fingerprint density at radius 2 is 1.94 bits per heavy atom. The van der Waals surface area contributed by atoms with Gasteiger partial charge in [0.15, 0.2) is 5.16 Å². The van der Waals surface area contributed by atoms with Gasteiger partial charge >= 0.3 is 0 Å². The summed E-state index contributed by atoms with van der Waals surface area (Å²) in [5.74, 6) is 1.50. The molecule has 1 saturated heterocycles. The lowest BCUT2D eigenvalue weighted by molar-refractivity contribution is 0.0410. The number of rotatable bonds is 5. The molecule has 0 unspecified atom stereocenters. The van der Waals surface area contributed by atoms with E-state index in [0.717, 1.165) is 79.2 Å². The van der Waals surface area contributed by atoms with Gasteiger partial charge in [-0.05, 0) is 31.2 Å². The maximum absolute atomic E-state index is 13.8. The first-order valence-corrected chi connectivity index (χ1v) is 13.1. The quantitative estimate of drug-likeness (QED) is 0.405. The first kappa shape index (κ1) is 21.3. The molecule has 5 heterocycles. The van der Waals surface area contributed by atoms with Crippen molar-refractivity contribution in [3.63, 3.8) is 0 Å². The number of nitrogens with zero attached hydrogens (tertiary/aromatic N) is 6. The zero-order valence-electron chi connectivity index (χ0n) is 18.6. The van der Waals surface area contributed by atoms with Crippen LogP contribution in [-0.2, 0) is 17.7 Å². The molecule has 0 amide bonds. The second kappa shape index (κ2) is 8.84. The van der Waals surface area contributed by atoms with Crippen LogP contribution in [0.5, 0.6) is 0 Å². The number of likely N-dealkylation sites (N-methyl/N-ethyl adjacent to an activating group) is 1. The average molecular weight is 483 g/mol. The van der Waals surface area contributed by atoms with Gasteiger partial charge in [-0.1, -0.05) is 30.0 Å². The van der Waals surface area contributed by atoms with Crippen molar-refractivity contribution in [1.29, 1.82) is 0 Å². The highest BCUT2D eigenvalue weighted by Crippen LogP contribution is 2.35. The predicted octanol–water partition coefficient (Wildman–Crippen LogP) is 2.51. The number of morpholine rings is 1. The van der Waals surface area contributed by atoms with Crippen LogP contribution in [0.2, 0.25) is 0 Å². The second-order valence-corrected chi connectivity index (χ2v) is 10.7. The smallest absolute Gasteiger partial charge is 0.268 e. The third-order valence-corrected chi connectivity index (χ3v) is 8.53. The van der Waals surface area contributed by atoms with E-state index in [-0.39, 0.29) is 5.56 Å². The Morgan fingerprint density at radius 3 is 2.76 bits per heavy atom. The molecule has 6 rings (SSSR count). The van der Waals surface area contributed by atoms with E-state index in [0.29, 0.717) is 5.78 Å². The highest BCUT2D eigenvalue weighted by Gasteiger charge is 2.26. The van der Waals surface area contributed by atoms with E-state index < -0.39 is 0 Å². The minimum absolute atomic E-state index is 0.00280. The maximum Gasteiger partial charge on any atom is 0.268 e. The number of aromatic nitrogens is 4. The molecule has 0 aliphatic carbocycles. The number of hydrogen-bond donors (Lipinski definition) is 0. The van der Waals surface area contributed by atoms with Crippen LogP contribution in [0.15, 0.2) is 40.3 Å². The maximum atomic E-state index is 13.8. The first-order chi connectivity index (χ1) is 16.2. The van der Waals surface area contributed by atoms with Crippen LogP contribution in [0, 0.1) is 0 Å². The summed E-state index contributed by atoms with van der Waals surface area (Å²) >= 11 is 3.43. The lowest BCUT2D eigenvalue weighted by Gasteiger charge is -2.26. The molecule has 0 radical (unpaired) electrons. The average Bonchev–Trinajstić information content (AvgIpc) is 3.42. The molecule has 8 nitrogen and oxygen atoms in total. The Balaban J connectivity index is 1.49. The van der Waals surface area contributed by atoms with Crippen LogP contribution >= 0.6 is 23.1 Å². The van der Waals surface area contributed by atoms with Gasteiger partial charge in [-0.3, -0.25) is 9.69 Å². The molecule has 0 bridgehead atoms. The lowest BCUT2D eigenvalue weighted by Crippen LogP contribution is -2.37. The SMILES string of the molecule is CN1CCc2c(sc3c2c(=O)n(-c2ccccc2)c2nnc(SCCN4CCOCC4)n32)C1. The summed E-state index contributed by atoms with van der Waals surface area (Å²) in [7, 11) is 2.14. The van der Waals surface area contributed by atoms with Gasteiger partial charge in [-0.15, -0.1) is 21.5 Å². The van der Waals surface area contributed by atoms with Crippen molar-refractivity contribution in [3.8, 4) is 5.69 Å². The fourth-order valence-corrected chi connectivity index (χ4v) is 7.08. The van der Waals surface area contributed by atoms with Crippen molar-refractivity contribution in [2.75, 3.05) is 52.2 Å². The first-order valence-electron chi connectivity index (χ1n) is 11.3. The molecule has 2 aliphatic heterocycles. The third kappa shape index (κ3) is 3.79. The Morgan fingerprint density at radius 1 is 1.12 bits per heavy atom. The van der Waals surface area contributed by atoms with Gasteiger partial charge in [0.2, 0.25) is 5.78 Å². The van der Waals surface area contributed by atoms with Gasteiger partial charge in [0.05, 0.1) is 24.3 Å². The second-order valence-electron chi connectivity index (χ2n) is 8.57. The largest absolute Gasteiger partial charge is 0.379 e. The summed E-state index contributed by atoms with van der Waals surface area (Å²) < 4.78 is 9.30. The van der Waals surface area contributed by atoms with Crippen molar-refractivity contribution < 1.29 is 4.74 Å². The number of benzene rings is 1. The molecule has 0 saturated carbocycles. The van der Waals surface area contributed by atoms with Crippen molar-refractivity contribution in [2.45, 2.75) is 18.1 Å². The molecular formula is C23H26N6O2S2. The summed E-state index contributed by atoms with van der Waals surface area (Å²) in [6.07, 6.45) is 0.892. The number of ether oxygens (including phenoxy) is 1. The van der Waals surface area contributed by atoms with Crippen LogP contribution in [0.1, 0.15) is 10.4 Å². The van der Waals surface area contributed by atoms with Crippen molar-refractivity contribution in [2.24, 2.45) is 0 Å². The molecule has 1 fully saturated rings. The highest BCUT2D eigenvalue weighted by molar-refractivity contribution is 7.99. The van der Waals surface area contributed by atoms with Gasteiger partial charge in [-0.2, -0.15) is 0 Å². The van der Waals surface area contributed by atoms with Crippen LogP contribution in [0.3, 0.4) is 0 Å². The molecule has 0 spiro atoms. The molecule has 2 aliphatic rings. The Bertz CT molecular complexity index is 1360. The van der Waals surface area contributed by atoms with Crippen LogP contribution in [-0.4, -0.2) is 81.2 Å². The van der Waals surface area contributed by atoms with Crippen LogP contribution in [0.25, 0.3) is 21.7 Å². The molecule has 3 aromatic heterocycles. The molecule has 4 aromatic rings.